The van der Waals surface area contributed by atoms with Crippen LogP contribution in [0.5, 0.6) is 0 Å². The number of anilines is 1. The molecule has 0 aliphatic carbocycles. The first-order chi connectivity index (χ1) is 12.8. The summed E-state index contributed by atoms with van der Waals surface area (Å²) in [5.74, 6) is -0.146. The van der Waals surface area contributed by atoms with E-state index in [1.54, 1.807) is 23.1 Å². The summed E-state index contributed by atoms with van der Waals surface area (Å²) < 4.78 is 28.2. The Bertz CT molecular complexity index is 955. The van der Waals surface area contributed by atoms with Crippen molar-refractivity contribution in [2.45, 2.75) is 37.6 Å². The normalized spacial score (nSPS) is 15.0. The first-order valence-electron chi connectivity index (χ1n) is 9.02. The van der Waals surface area contributed by atoms with E-state index in [0.717, 1.165) is 24.0 Å². The number of para-hydroxylation sites is 1. The summed E-state index contributed by atoms with van der Waals surface area (Å²) in [6.45, 7) is 4.84. The largest absolute Gasteiger partial charge is 0.339 e. The van der Waals surface area contributed by atoms with Crippen molar-refractivity contribution in [1.82, 2.24) is 4.90 Å². The Labute approximate surface area is 172 Å². The van der Waals surface area contributed by atoms with Crippen LogP contribution < -0.4 is 10.5 Å². The molecule has 0 radical (unpaired) electrons. The number of carbonyl (C=O) groups is 1. The highest BCUT2D eigenvalue weighted by Gasteiger charge is 2.25. The Hall–Kier alpha value is -2.09. The molecule has 0 saturated carbocycles. The van der Waals surface area contributed by atoms with Crippen LogP contribution in [0.4, 0.5) is 5.69 Å². The van der Waals surface area contributed by atoms with Gasteiger partial charge in [-0.1, -0.05) is 24.3 Å². The zero-order valence-corrected chi connectivity index (χ0v) is 17.6. The molecule has 1 aliphatic rings. The molecule has 1 amide bonds. The SMILES string of the molecule is Cc1ccccc1NS(=O)(=O)c1ccc(C)c(C(=O)N2CCC(N)CC2)c1.Cl. The van der Waals surface area contributed by atoms with Crippen molar-refractivity contribution in [3.8, 4) is 0 Å². The first-order valence-corrected chi connectivity index (χ1v) is 10.5. The average Bonchev–Trinajstić information content (AvgIpc) is 2.64. The van der Waals surface area contributed by atoms with Crippen LogP contribution in [0.2, 0.25) is 0 Å². The Morgan fingerprint density at radius 3 is 2.36 bits per heavy atom. The van der Waals surface area contributed by atoms with Gasteiger partial charge in [0.25, 0.3) is 15.9 Å². The number of benzene rings is 2. The molecule has 28 heavy (non-hydrogen) atoms. The number of nitrogens with one attached hydrogen (secondary N) is 1. The maximum Gasteiger partial charge on any atom is 0.261 e. The van der Waals surface area contributed by atoms with Crippen molar-refractivity contribution in [1.29, 1.82) is 0 Å². The van der Waals surface area contributed by atoms with E-state index in [1.807, 2.05) is 26.0 Å². The van der Waals surface area contributed by atoms with Crippen molar-refractivity contribution in [2.24, 2.45) is 5.73 Å². The van der Waals surface area contributed by atoms with Gasteiger partial charge in [-0.3, -0.25) is 9.52 Å². The highest BCUT2D eigenvalue weighted by atomic mass is 35.5. The number of aryl methyl sites for hydroxylation is 2. The van der Waals surface area contributed by atoms with Gasteiger partial charge in [-0.2, -0.15) is 0 Å². The molecular formula is C20H26ClN3O3S. The van der Waals surface area contributed by atoms with Crippen molar-refractivity contribution >= 4 is 34.0 Å². The van der Waals surface area contributed by atoms with Crippen molar-refractivity contribution in [3.63, 3.8) is 0 Å². The van der Waals surface area contributed by atoms with Gasteiger partial charge in [-0.05, 0) is 56.0 Å². The van der Waals surface area contributed by atoms with Crippen molar-refractivity contribution in [3.05, 3.63) is 59.2 Å². The third kappa shape index (κ3) is 4.84. The summed E-state index contributed by atoms with van der Waals surface area (Å²) in [5.41, 5.74) is 8.43. The number of hydrogen-bond donors (Lipinski definition) is 2. The van der Waals surface area contributed by atoms with Crippen molar-refractivity contribution in [2.75, 3.05) is 17.8 Å². The number of likely N-dealkylation sites (tertiary alicyclic amines) is 1. The molecule has 1 saturated heterocycles. The molecule has 6 nitrogen and oxygen atoms in total. The van der Waals surface area contributed by atoms with E-state index >= 15 is 0 Å². The van der Waals surface area contributed by atoms with Crippen LogP contribution in [-0.4, -0.2) is 38.4 Å². The predicted molar refractivity (Wildman–Crippen MR) is 114 cm³/mol. The van der Waals surface area contributed by atoms with E-state index in [4.69, 9.17) is 5.73 Å². The number of halogens is 1. The van der Waals surface area contributed by atoms with Crippen molar-refractivity contribution < 1.29 is 13.2 Å². The molecule has 2 aromatic rings. The number of carbonyl (C=O) groups excluding carboxylic acids is 1. The lowest BCUT2D eigenvalue weighted by molar-refractivity contribution is 0.0713. The summed E-state index contributed by atoms with van der Waals surface area (Å²) in [5, 5.41) is 0. The Morgan fingerprint density at radius 2 is 1.71 bits per heavy atom. The van der Waals surface area contributed by atoms with Gasteiger partial charge in [0.15, 0.2) is 0 Å². The second kappa shape index (κ2) is 8.94. The monoisotopic (exact) mass is 423 g/mol. The minimum absolute atomic E-state index is 0. The standard InChI is InChI=1S/C20H25N3O3S.ClH/c1-14-7-8-17(27(25,26)22-19-6-4-3-5-15(19)2)13-18(14)20(24)23-11-9-16(21)10-12-23;/h3-8,13,16,22H,9-12,21H2,1-2H3;1H. The molecule has 1 heterocycles. The lowest BCUT2D eigenvalue weighted by Gasteiger charge is -2.30. The molecule has 1 aliphatic heterocycles. The average molecular weight is 424 g/mol. The van der Waals surface area contributed by atoms with Gasteiger partial charge in [0.2, 0.25) is 0 Å². The van der Waals surface area contributed by atoms with Crippen LogP contribution in [-0.2, 0) is 10.0 Å². The number of rotatable bonds is 4. The fraction of sp³-hybridized carbons (Fsp3) is 0.350. The van der Waals surface area contributed by atoms with E-state index in [1.165, 1.54) is 12.1 Å². The lowest BCUT2D eigenvalue weighted by Crippen LogP contribution is -2.43. The molecule has 152 valence electrons. The molecule has 0 unspecified atom stereocenters. The highest BCUT2D eigenvalue weighted by molar-refractivity contribution is 7.92. The quantitative estimate of drug-likeness (QED) is 0.790. The molecule has 0 aromatic heterocycles. The number of nitrogens with zero attached hydrogens (tertiary/aromatic N) is 1. The topological polar surface area (TPSA) is 92.5 Å². The van der Waals surface area contributed by atoms with Crippen LogP contribution in [0.3, 0.4) is 0 Å². The van der Waals surface area contributed by atoms with Crippen LogP contribution in [0.25, 0.3) is 0 Å². The van der Waals surface area contributed by atoms with Gasteiger partial charge in [0, 0.05) is 24.7 Å². The predicted octanol–water partition coefficient (Wildman–Crippen LogP) is 3.09. The summed E-state index contributed by atoms with van der Waals surface area (Å²) in [6, 6.07) is 12.0. The van der Waals surface area contributed by atoms with Crippen LogP contribution in [0, 0.1) is 13.8 Å². The van der Waals surface area contributed by atoms with E-state index in [2.05, 4.69) is 4.72 Å². The summed E-state index contributed by atoms with van der Waals surface area (Å²) >= 11 is 0. The Morgan fingerprint density at radius 1 is 1.07 bits per heavy atom. The third-order valence-corrected chi connectivity index (χ3v) is 6.33. The summed E-state index contributed by atoms with van der Waals surface area (Å²) in [6.07, 6.45) is 1.52. The Kier molecular flexibility index (Phi) is 7.09. The van der Waals surface area contributed by atoms with Gasteiger partial charge in [-0.25, -0.2) is 8.42 Å². The van der Waals surface area contributed by atoms with Gasteiger partial charge in [0.05, 0.1) is 10.6 Å². The molecule has 0 atom stereocenters. The summed E-state index contributed by atoms with van der Waals surface area (Å²) in [7, 11) is -3.79. The second-order valence-corrected chi connectivity index (χ2v) is 8.71. The zero-order chi connectivity index (χ0) is 19.6. The molecule has 3 rings (SSSR count). The maximum absolute atomic E-state index is 12.9. The fourth-order valence-electron chi connectivity index (χ4n) is 3.16. The van der Waals surface area contributed by atoms with Crippen LogP contribution in [0.1, 0.15) is 34.3 Å². The molecule has 0 bridgehead atoms. The Balaban J connectivity index is 0.00000280. The number of amides is 1. The zero-order valence-electron chi connectivity index (χ0n) is 16.0. The molecule has 3 N–H and O–H groups in total. The van der Waals surface area contributed by atoms with Crippen LogP contribution in [0.15, 0.2) is 47.4 Å². The smallest absolute Gasteiger partial charge is 0.261 e. The van der Waals surface area contributed by atoms with Gasteiger partial charge >= 0.3 is 0 Å². The second-order valence-electron chi connectivity index (χ2n) is 7.03. The number of hydrogen-bond acceptors (Lipinski definition) is 4. The first kappa shape index (κ1) is 22.2. The summed E-state index contributed by atoms with van der Waals surface area (Å²) in [4.78, 5) is 14.7. The third-order valence-electron chi connectivity index (χ3n) is 4.97. The van der Waals surface area contributed by atoms with E-state index in [0.29, 0.717) is 24.3 Å². The lowest BCUT2D eigenvalue weighted by atomic mass is 10.0. The highest BCUT2D eigenvalue weighted by Crippen LogP contribution is 2.23. The van der Waals surface area contributed by atoms with Crippen LogP contribution >= 0.6 is 12.4 Å². The molecule has 8 heteroatoms. The maximum atomic E-state index is 12.9. The van der Waals surface area contributed by atoms with Gasteiger partial charge in [0.1, 0.15) is 0 Å². The van der Waals surface area contributed by atoms with Gasteiger partial charge in [-0.15, -0.1) is 12.4 Å². The molecule has 1 fully saturated rings. The molecule has 0 spiro atoms. The fourth-order valence-corrected chi connectivity index (χ4v) is 4.32. The van der Waals surface area contributed by atoms with E-state index in [-0.39, 0.29) is 29.3 Å². The number of piperidine rings is 1. The number of nitrogens with two attached hydrogens (primary N) is 1. The molecule has 2 aromatic carbocycles. The molecular weight excluding hydrogens is 398 g/mol. The number of sulfonamides is 1. The van der Waals surface area contributed by atoms with E-state index < -0.39 is 10.0 Å². The minimum atomic E-state index is -3.79. The van der Waals surface area contributed by atoms with E-state index in [9.17, 15) is 13.2 Å². The minimum Gasteiger partial charge on any atom is -0.339 e. The van der Waals surface area contributed by atoms with Gasteiger partial charge < -0.3 is 10.6 Å².